The second-order valence-corrected chi connectivity index (χ2v) is 7.89. The van der Waals surface area contributed by atoms with Crippen molar-refractivity contribution >= 4 is 44.3 Å². The van der Waals surface area contributed by atoms with E-state index in [9.17, 15) is 9.90 Å². The van der Waals surface area contributed by atoms with Crippen LogP contribution in [0.4, 0.5) is 11.4 Å². The molecule has 28 heavy (non-hydrogen) atoms. The number of fused-ring (bicyclic) bond motifs is 1. The Kier molecular flexibility index (Phi) is 5.19. The van der Waals surface area contributed by atoms with Gasteiger partial charge in [-0.2, -0.15) is 0 Å². The van der Waals surface area contributed by atoms with Crippen LogP contribution in [0.2, 0.25) is 0 Å². The van der Waals surface area contributed by atoms with Gasteiger partial charge in [0.2, 0.25) is 5.88 Å². The molecule has 0 bridgehead atoms. The summed E-state index contributed by atoms with van der Waals surface area (Å²) < 4.78 is 0.804. The van der Waals surface area contributed by atoms with Gasteiger partial charge in [0.25, 0.3) is 5.56 Å². The number of aromatic nitrogens is 1. The summed E-state index contributed by atoms with van der Waals surface area (Å²) >= 11 is 3.37. The van der Waals surface area contributed by atoms with Crippen LogP contribution >= 0.6 is 15.9 Å². The molecule has 0 aliphatic carbocycles. The Balaban J connectivity index is 1.60. The van der Waals surface area contributed by atoms with Gasteiger partial charge < -0.3 is 14.9 Å². The average Bonchev–Trinajstić information content (AvgIpc) is 2.69. The lowest BCUT2D eigenvalue weighted by atomic mass is 10.1. The van der Waals surface area contributed by atoms with Crippen LogP contribution in [0.1, 0.15) is 5.56 Å². The van der Waals surface area contributed by atoms with Gasteiger partial charge in [0, 0.05) is 53.3 Å². The molecule has 0 atom stereocenters. The fraction of sp³-hybridized carbons (Fsp3) is 0.238. The number of anilines is 1. The molecule has 7 heteroatoms. The number of halogens is 1. The zero-order chi connectivity index (χ0) is 19.7. The molecule has 144 valence electrons. The van der Waals surface area contributed by atoms with Crippen molar-refractivity contribution in [1.29, 1.82) is 0 Å². The number of piperazine rings is 1. The van der Waals surface area contributed by atoms with Gasteiger partial charge in [-0.05, 0) is 43.4 Å². The maximum atomic E-state index is 12.1. The van der Waals surface area contributed by atoms with Gasteiger partial charge >= 0.3 is 0 Å². The summed E-state index contributed by atoms with van der Waals surface area (Å²) in [4.78, 5) is 23.8. The van der Waals surface area contributed by atoms with Crippen molar-refractivity contribution in [2.75, 3.05) is 38.1 Å². The quantitative estimate of drug-likeness (QED) is 0.611. The third-order valence-electron chi connectivity index (χ3n) is 5.06. The Bertz CT molecular complexity index is 1080. The molecule has 0 spiro atoms. The molecule has 3 aromatic rings. The zero-order valence-corrected chi connectivity index (χ0v) is 17.1. The van der Waals surface area contributed by atoms with Crippen molar-refractivity contribution in [3.8, 4) is 5.88 Å². The highest BCUT2D eigenvalue weighted by Gasteiger charge is 2.14. The van der Waals surface area contributed by atoms with E-state index in [4.69, 9.17) is 0 Å². The van der Waals surface area contributed by atoms with E-state index in [-0.39, 0.29) is 11.4 Å². The normalized spacial score (nSPS) is 15.6. The minimum absolute atomic E-state index is 0.183. The van der Waals surface area contributed by atoms with Crippen LogP contribution in [0, 0.1) is 0 Å². The number of aromatic hydroxyl groups is 1. The monoisotopic (exact) mass is 440 g/mol. The molecular formula is C21H21BrN4O2. The molecule has 0 unspecified atom stereocenters. The molecule has 0 radical (unpaired) electrons. The molecular weight excluding hydrogens is 420 g/mol. The second kappa shape index (κ2) is 7.77. The maximum absolute atomic E-state index is 12.1. The number of hydrogen-bond acceptors (Lipinski definition) is 5. The first-order valence-corrected chi connectivity index (χ1v) is 9.93. The number of nitrogens with one attached hydrogen (secondary N) is 1. The van der Waals surface area contributed by atoms with Crippen LogP contribution in [0.3, 0.4) is 0 Å². The topological polar surface area (TPSA) is 71.9 Å². The zero-order valence-electron chi connectivity index (χ0n) is 15.5. The Labute approximate surface area is 171 Å². The molecule has 1 fully saturated rings. The minimum atomic E-state index is -0.331. The third kappa shape index (κ3) is 3.81. The highest BCUT2D eigenvalue weighted by Crippen LogP contribution is 2.25. The Morgan fingerprint density at radius 2 is 1.79 bits per heavy atom. The second-order valence-electron chi connectivity index (χ2n) is 6.97. The van der Waals surface area contributed by atoms with Gasteiger partial charge in [-0.1, -0.05) is 22.0 Å². The van der Waals surface area contributed by atoms with Crippen LogP contribution in [0.25, 0.3) is 10.8 Å². The first-order valence-electron chi connectivity index (χ1n) is 9.13. The lowest BCUT2D eigenvalue weighted by Gasteiger charge is -2.34. The number of pyridine rings is 1. The van der Waals surface area contributed by atoms with Crippen LogP contribution in [-0.2, 0) is 0 Å². The number of aromatic amines is 1. The van der Waals surface area contributed by atoms with Gasteiger partial charge in [-0.3, -0.25) is 14.8 Å². The molecule has 1 saturated heterocycles. The van der Waals surface area contributed by atoms with Gasteiger partial charge in [0.15, 0.2) is 0 Å². The smallest absolute Gasteiger partial charge is 0.258 e. The number of likely N-dealkylation sites (N-methyl/N-ethyl adjacent to an activating group) is 1. The van der Waals surface area contributed by atoms with Crippen molar-refractivity contribution in [3.05, 3.63) is 62.9 Å². The number of rotatable bonds is 3. The predicted octanol–water partition coefficient (Wildman–Crippen LogP) is 3.50. The van der Waals surface area contributed by atoms with E-state index in [1.165, 1.54) is 5.69 Å². The van der Waals surface area contributed by atoms with E-state index in [0.717, 1.165) is 36.3 Å². The summed E-state index contributed by atoms with van der Waals surface area (Å²) in [6.07, 6.45) is 1.59. The number of H-pyrrole nitrogens is 1. The predicted molar refractivity (Wildman–Crippen MR) is 117 cm³/mol. The van der Waals surface area contributed by atoms with Crippen LogP contribution in [-0.4, -0.2) is 54.4 Å². The standard InChI is InChI=1S/C21H21BrN4O2/c1-25-8-10-26(11-9-25)16-5-3-15(4-6-16)23-13-19-17-7-2-14(22)12-18(17)20(27)24-21(19)28/h2-7,12-13H,8-11H2,1H3,(H2,24,27,28). The average molecular weight is 441 g/mol. The molecule has 1 aliphatic rings. The number of benzene rings is 2. The lowest BCUT2D eigenvalue weighted by Crippen LogP contribution is -2.44. The SMILES string of the molecule is CN1CCN(c2ccc(N=Cc3c(O)[nH]c(=O)c4cc(Br)ccc34)cc2)CC1. The summed E-state index contributed by atoms with van der Waals surface area (Å²) in [5.41, 5.74) is 2.13. The summed E-state index contributed by atoms with van der Waals surface area (Å²) in [6, 6.07) is 13.4. The van der Waals surface area contributed by atoms with Crippen LogP contribution < -0.4 is 10.5 Å². The summed E-state index contributed by atoms with van der Waals surface area (Å²) in [7, 11) is 2.14. The van der Waals surface area contributed by atoms with E-state index in [1.807, 2.05) is 18.2 Å². The van der Waals surface area contributed by atoms with E-state index >= 15 is 0 Å². The minimum Gasteiger partial charge on any atom is -0.494 e. The van der Waals surface area contributed by atoms with Crippen molar-refractivity contribution in [2.45, 2.75) is 0 Å². The summed E-state index contributed by atoms with van der Waals surface area (Å²) in [6.45, 7) is 4.17. The summed E-state index contributed by atoms with van der Waals surface area (Å²) in [5.74, 6) is -0.183. The van der Waals surface area contributed by atoms with E-state index < -0.39 is 0 Å². The molecule has 2 heterocycles. The van der Waals surface area contributed by atoms with Crippen molar-refractivity contribution in [1.82, 2.24) is 9.88 Å². The molecule has 2 aromatic carbocycles. The maximum Gasteiger partial charge on any atom is 0.258 e. The fourth-order valence-electron chi connectivity index (χ4n) is 3.39. The fourth-order valence-corrected chi connectivity index (χ4v) is 3.75. The highest BCUT2D eigenvalue weighted by molar-refractivity contribution is 9.10. The Morgan fingerprint density at radius 1 is 1.07 bits per heavy atom. The molecule has 2 N–H and O–H groups in total. The molecule has 4 rings (SSSR count). The van der Waals surface area contributed by atoms with Crippen LogP contribution in [0.15, 0.2) is 56.7 Å². The molecule has 1 aromatic heterocycles. The molecule has 0 amide bonds. The van der Waals surface area contributed by atoms with Gasteiger partial charge in [-0.15, -0.1) is 0 Å². The Hall–Kier alpha value is -2.64. The third-order valence-corrected chi connectivity index (χ3v) is 5.56. The lowest BCUT2D eigenvalue weighted by molar-refractivity contribution is 0.313. The van der Waals surface area contributed by atoms with Gasteiger partial charge in [-0.25, -0.2) is 0 Å². The molecule has 6 nitrogen and oxygen atoms in total. The highest BCUT2D eigenvalue weighted by atomic mass is 79.9. The number of hydrogen-bond donors (Lipinski definition) is 2. The van der Waals surface area contributed by atoms with Crippen molar-refractivity contribution in [2.24, 2.45) is 4.99 Å². The summed E-state index contributed by atoms with van der Waals surface area (Å²) in [5, 5.41) is 11.4. The van der Waals surface area contributed by atoms with Crippen molar-refractivity contribution in [3.63, 3.8) is 0 Å². The largest absolute Gasteiger partial charge is 0.494 e. The van der Waals surface area contributed by atoms with E-state index in [2.05, 4.69) is 54.9 Å². The number of aliphatic imine (C=N–C) groups is 1. The van der Waals surface area contributed by atoms with Gasteiger partial charge in [0.1, 0.15) is 0 Å². The first kappa shape index (κ1) is 18.7. The van der Waals surface area contributed by atoms with Crippen LogP contribution in [0.5, 0.6) is 5.88 Å². The molecule has 1 aliphatic heterocycles. The van der Waals surface area contributed by atoms with E-state index in [0.29, 0.717) is 16.3 Å². The van der Waals surface area contributed by atoms with Gasteiger partial charge in [0.05, 0.1) is 11.3 Å². The number of nitrogens with zero attached hydrogens (tertiary/aromatic N) is 3. The first-order chi connectivity index (χ1) is 13.5. The molecule has 0 saturated carbocycles. The van der Waals surface area contributed by atoms with E-state index in [1.54, 1.807) is 18.3 Å². The van der Waals surface area contributed by atoms with Crippen molar-refractivity contribution < 1.29 is 5.11 Å². The Morgan fingerprint density at radius 3 is 2.50 bits per heavy atom.